The van der Waals surface area contributed by atoms with Gasteiger partial charge >= 0.3 is 5.69 Å². The van der Waals surface area contributed by atoms with Crippen LogP contribution < -0.4 is 5.69 Å². The number of tetrazole rings is 1. The molecule has 0 N–H and O–H groups in total. The molecule has 8 nitrogen and oxygen atoms in total. The largest absolute Gasteiger partial charge is 0.364 e. The maximum Gasteiger partial charge on any atom is 0.364 e. The molecule has 0 saturated heterocycles. The first-order valence-electron chi connectivity index (χ1n) is 8.13. The predicted octanol–water partition coefficient (Wildman–Crippen LogP) is 1.96. The van der Waals surface area contributed by atoms with Crippen LogP contribution in [0, 0.1) is 6.92 Å². The van der Waals surface area contributed by atoms with E-state index in [9.17, 15) is 4.79 Å². The molecular weight excluding hydrogens is 308 g/mol. The Hall–Kier alpha value is -2.77. The molecule has 0 amide bonds. The van der Waals surface area contributed by atoms with E-state index < -0.39 is 0 Å². The van der Waals surface area contributed by atoms with E-state index in [2.05, 4.69) is 20.6 Å². The molecule has 0 spiro atoms. The fourth-order valence-electron chi connectivity index (χ4n) is 3.14. The number of hydrogen-bond acceptors (Lipinski definition) is 6. The van der Waals surface area contributed by atoms with Crippen LogP contribution in [0.15, 0.2) is 33.6 Å². The van der Waals surface area contributed by atoms with Gasteiger partial charge in [-0.15, -0.1) is 0 Å². The van der Waals surface area contributed by atoms with Gasteiger partial charge in [-0.05, 0) is 35.8 Å². The van der Waals surface area contributed by atoms with Crippen molar-refractivity contribution in [3.05, 3.63) is 46.2 Å². The summed E-state index contributed by atoms with van der Waals surface area (Å²) in [6, 6.07) is 7.98. The highest BCUT2D eigenvalue weighted by Gasteiger charge is 2.22. The van der Waals surface area contributed by atoms with E-state index in [-0.39, 0.29) is 18.3 Å². The van der Waals surface area contributed by atoms with Gasteiger partial charge in [0.2, 0.25) is 11.7 Å². The topological polar surface area (TPSA) is 91.6 Å². The molecule has 8 heteroatoms. The number of aromatic nitrogens is 6. The highest BCUT2D eigenvalue weighted by atomic mass is 16.5. The van der Waals surface area contributed by atoms with E-state index in [0.717, 1.165) is 36.8 Å². The van der Waals surface area contributed by atoms with Gasteiger partial charge in [0, 0.05) is 5.56 Å². The fraction of sp³-hybridized carbons (Fsp3) is 0.438. The van der Waals surface area contributed by atoms with Crippen molar-refractivity contribution in [2.24, 2.45) is 0 Å². The molecule has 3 aromatic rings. The van der Waals surface area contributed by atoms with Crippen molar-refractivity contribution in [1.29, 1.82) is 0 Å². The van der Waals surface area contributed by atoms with Gasteiger partial charge in [0.05, 0.1) is 6.04 Å². The fourth-order valence-corrected chi connectivity index (χ4v) is 3.14. The van der Waals surface area contributed by atoms with E-state index in [1.165, 1.54) is 9.36 Å². The standard InChI is InChI=1S/C16H18N6O2/c1-11-6-2-5-9-13(11)15-17-14(24-18-15)10-21-16(23)22(20-19-21)12-7-3-4-8-12/h2,5-6,9,12H,3-4,7-8,10H2,1H3. The SMILES string of the molecule is Cc1ccccc1-c1noc(Cn2nnn(C3CCCC3)c2=O)n1. The molecule has 124 valence electrons. The summed E-state index contributed by atoms with van der Waals surface area (Å²) < 4.78 is 8.02. The van der Waals surface area contributed by atoms with E-state index in [1.807, 2.05) is 31.2 Å². The van der Waals surface area contributed by atoms with Crippen LogP contribution in [0.5, 0.6) is 0 Å². The van der Waals surface area contributed by atoms with Crippen molar-refractivity contribution >= 4 is 0 Å². The quantitative estimate of drug-likeness (QED) is 0.728. The van der Waals surface area contributed by atoms with E-state index in [0.29, 0.717) is 11.7 Å². The summed E-state index contributed by atoms with van der Waals surface area (Å²) in [5.74, 6) is 0.855. The van der Waals surface area contributed by atoms with E-state index in [4.69, 9.17) is 4.52 Å². The molecular formula is C16H18N6O2. The van der Waals surface area contributed by atoms with Crippen molar-refractivity contribution in [2.75, 3.05) is 0 Å². The maximum absolute atomic E-state index is 12.4. The van der Waals surface area contributed by atoms with Crippen LogP contribution in [0.2, 0.25) is 0 Å². The Morgan fingerprint density at radius 1 is 1.21 bits per heavy atom. The van der Waals surface area contributed by atoms with Crippen LogP contribution in [-0.4, -0.2) is 29.9 Å². The molecule has 24 heavy (non-hydrogen) atoms. The highest BCUT2D eigenvalue weighted by Crippen LogP contribution is 2.27. The van der Waals surface area contributed by atoms with Gasteiger partial charge in [0.1, 0.15) is 6.54 Å². The van der Waals surface area contributed by atoms with Crippen molar-refractivity contribution in [3.63, 3.8) is 0 Å². The number of nitrogens with zero attached hydrogens (tertiary/aromatic N) is 6. The second-order valence-corrected chi connectivity index (χ2v) is 6.13. The molecule has 0 bridgehead atoms. The van der Waals surface area contributed by atoms with Gasteiger partial charge in [-0.1, -0.05) is 42.3 Å². The number of aryl methyl sites for hydroxylation is 1. The lowest BCUT2D eigenvalue weighted by molar-refractivity contribution is 0.362. The number of rotatable bonds is 4. The van der Waals surface area contributed by atoms with Gasteiger partial charge in [-0.3, -0.25) is 0 Å². The van der Waals surface area contributed by atoms with E-state index in [1.54, 1.807) is 0 Å². The zero-order valence-electron chi connectivity index (χ0n) is 13.4. The van der Waals surface area contributed by atoms with Gasteiger partial charge in [0.15, 0.2) is 0 Å². The summed E-state index contributed by atoms with van der Waals surface area (Å²) in [6.45, 7) is 2.12. The Morgan fingerprint density at radius 3 is 2.79 bits per heavy atom. The second-order valence-electron chi connectivity index (χ2n) is 6.13. The average molecular weight is 326 g/mol. The average Bonchev–Trinajstić information content (AvgIpc) is 3.31. The lowest BCUT2D eigenvalue weighted by Crippen LogP contribution is -2.28. The third-order valence-corrected chi connectivity index (χ3v) is 4.47. The molecule has 1 aromatic carbocycles. The van der Waals surface area contributed by atoms with Crippen LogP contribution in [0.4, 0.5) is 0 Å². The van der Waals surface area contributed by atoms with Crippen LogP contribution in [0.1, 0.15) is 43.2 Å². The molecule has 0 aliphatic heterocycles. The minimum Gasteiger partial charge on any atom is -0.337 e. The molecule has 0 unspecified atom stereocenters. The summed E-state index contributed by atoms with van der Waals surface area (Å²) in [6.07, 6.45) is 4.23. The lowest BCUT2D eigenvalue weighted by atomic mass is 10.1. The van der Waals surface area contributed by atoms with Gasteiger partial charge < -0.3 is 4.52 Å². The summed E-state index contributed by atoms with van der Waals surface area (Å²) in [4.78, 5) is 16.8. The molecule has 4 rings (SSSR count). The predicted molar refractivity (Wildman–Crippen MR) is 85.4 cm³/mol. The molecule has 2 heterocycles. The van der Waals surface area contributed by atoms with Crippen molar-refractivity contribution < 1.29 is 4.52 Å². The van der Waals surface area contributed by atoms with Crippen molar-refractivity contribution in [1.82, 2.24) is 29.9 Å². The molecule has 2 aromatic heterocycles. The Balaban J connectivity index is 1.57. The number of hydrogen-bond donors (Lipinski definition) is 0. The third-order valence-electron chi connectivity index (χ3n) is 4.47. The molecule has 1 saturated carbocycles. The van der Waals surface area contributed by atoms with Crippen molar-refractivity contribution in [3.8, 4) is 11.4 Å². The Bertz CT molecular complexity index is 903. The molecule has 1 aliphatic rings. The summed E-state index contributed by atoms with van der Waals surface area (Å²) in [7, 11) is 0. The Morgan fingerprint density at radius 2 is 2.00 bits per heavy atom. The smallest absolute Gasteiger partial charge is 0.337 e. The number of benzene rings is 1. The highest BCUT2D eigenvalue weighted by molar-refractivity contribution is 5.58. The zero-order valence-corrected chi connectivity index (χ0v) is 13.4. The van der Waals surface area contributed by atoms with Crippen LogP contribution in [-0.2, 0) is 6.54 Å². The van der Waals surface area contributed by atoms with Gasteiger partial charge in [-0.25, -0.2) is 4.79 Å². The minimum atomic E-state index is -0.224. The summed E-state index contributed by atoms with van der Waals surface area (Å²) >= 11 is 0. The first-order chi connectivity index (χ1) is 11.7. The Kier molecular flexibility index (Phi) is 3.72. The van der Waals surface area contributed by atoms with Crippen LogP contribution in [0.25, 0.3) is 11.4 Å². The normalized spacial score (nSPS) is 15.2. The molecule has 1 aliphatic carbocycles. The monoisotopic (exact) mass is 326 g/mol. The Labute approximate surface area is 138 Å². The summed E-state index contributed by atoms with van der Waals surface area (Å²) in [5.41, 5.74) is 1.75. The molecule has 0 atom stereocenters. The maximum atomic E-state index is 12.4. The van der Waals surface area contributed by atoms with E-state index >= 15 is 0 Å². The second kappa shape index (κ2) is 6.03. The van der Waals surface area contributed by atoms with Crippen LogP contribution in [0.3, 0.4) is 0 Å². The van der Waals surface area contributed by atoms with Crippen molar-refractivity contribution in [2.45, 2.75) is 45.2 Å². The first-order valence-corrected chi connectivity index (χ1v) is 8.13. The third kappa shape index (κ3) is 2.64. The molecule has 0 radical (unpaired) electrons. The van der Waals surface area contributed by atoms with Gasteiger partial charge in [0.25, 0.3) is 0 Å². The molecule has 1 fully saturated rings. The first kappa shape index (κ1) is 14.8. The zero-order chi connectivity index (χ0) is 16.5. The van der Waals surface area contributed by atoms with Gasteiger partial charge in [-0.2, -0.15) is 14.3 Å². The van der Waals surface area contributed by atoms with Crippen LogP contribution >= 0.6 is 0 Å². The minimum absolute atomic E-state index is 0.129. The summed E-state index contributed by atoms with van der Waals surface area (Å²) in [5, 5.41) is 11.9. The lowest BCUT2D eigenvalue weighted by Gasteiger charge is -2.04.